The first-order valence-electron chi connectivity index (χ1n) is 7.04. The van der Waals surface area contributed by atoms with Crippen LogP contribution in [0.3, 0.4) is 0 Å². The highest BCUT2D eigenvalue weighted by molar-refractivity contribution is 5.87. The van der Waals surface area contributed by atoms with Crippen LogP contribution in [0.25, 0.3) is 0 Å². The van der Waals surface area contributed by atoms with Gasteiger partial charge in [0.15, 0.2) is 0 Å². The van der Waals surface area contributed by atoms with E-state index in [1.807, 2.05) is 6.92 Å². The number of esters is 1. The molecule has 0 aliphatic heterocycles. The van der Waals surface area contributed by atoms with Crippen LogP contribution in [0.2, 0.25) is 0 Å². The third kappa shape index (κ3) is 9.84. The summed E-state index contributed by atoms with van der Waals surface area (Å²) in [6, 6.07) is -1.62. The number of carbonyl (C=O) groups excluding carboxylic acids is 2. The van der Waals surface area contributed by atoms with Crippen molar-refractivity contribution in [3.63, 3.8) is 0 Å². The summed E-state index contributed by atoms with van der Waals surface area (Å²) in [6.45, 7) is 7.00. The molecule has 1 unspecified atom stereocenters. The van der Waals surface area contributed by atoms with Crippen molar-refractivity contribution in [2.75, 3.05) is 0 Å². The second-order valence-corrected chi connectivity index (χ2v) is 6.00. The minimum Gasteiger partial charge on any atom is -0.480 e. The van der Waals surface area contributed by atoms with Crippen LogP contribution >= 0.6 is 0 Å². The van der Waals surface area contributed by atoms with Crippen molar-refractivity contribution in [1.29, 1.82) is 0 Å². The number of nitrogens with one attached hydrogen (secondary N) is 1. The Morgan fingerprint density at radius 2 is 1.81 bits per heavy atom. The standard InChI is InChI=1S/C14H26N2O5/c1-5-6-9(15)7-11(17)16-10(13(19)20)8-12(18)21-14(2,3)4/h9-10H,5-8,15H2,1-4H3,(H,16,17)(H,19,20)/t9?,10-/m0/s1. The van der Waals surface area contributed by atoms with Crippen LogP contribution in [0.15, 0.2) is 0 Å². The van der Waals surface area contributed by atoms with Crippen molar-refractivity contribution in [2.45, 2.75) is 71.1 Å². The van der Waals surface area contributed by atoms with Gasteiger partial charge < -0.3 is 20.9 Å². The van der Waals surface area contributed by atoms with E-state index < -0.39 is 35.9 Å². The van der Waals surface area contributed by atoms with Crippen LogP contribution < -0.4 is 11.1 Å². The van der Waals surface area contributed by atoms with Crippen molar-refractivity contribution in [3.8, 4) is 0 Å². The Hall–Kier alpha value is -1.63. The number of hydrogen-bond donors (Lipinski definition) is 3. The van der Waals surface area contributed by atoms with Crippen molar-refractivity contribution in [3.05, 3.63) is 0 Å². The lowest BCUT2D eigenvalue weighted by atomic mass is 10.1. The van der Waals surface area contributed by atoms with Gasteiger partial charge in [0.1, 0.15) is 11.6 Å². The van der Waals surface area contributed by atoms with Gasteiger partial charge in [0.25, 0.3) is 0 Å². The maximum atomic E-state index is 11.7. The Labute approximate surface area is 125 Å². The topological polar surface area (TPSA) is 119 Å². The summed E-state index contributed by atoms with van der Waals surface area (Å²) >= 11 is 0. The van der Waals surface area contributed by atoms with Gasteiger partial charge in [0.2, 0.25) is 5.91 Å². The molecule has 0 saturated carbocycles. The van der Waals surface area contributed by atoms with Crippen LogP contribution in [0.4, 0.5) is 0 Å². The molecule has 0 saturated heterocycles. The second-order valence-electron chi connectivity index (χ2n) is 6.00. The molecule has 0 aliphatic carbocycles. The van der Waals surface area contributed by atoms with Crippen LogP contribution in [0, 0.1) is 0 Å². The van der Waals surface area contributed by atoms with Crippen LogP contribution in [0.5, 0.6) is 0 Å². The van der Waals surface area contributed by atoms with E-state index in [1.54, 1.807) is 20.8 Å². The molecule has 0 aliphatic rings. The molecule has 0 rings (SSSR count). The zero-order chi connectivity index (χ0) is 16.6. The number of nitrogens with two attached hydrogens (primary N) is 1. The number of rotatable bonds is 8. The minimum atomic E-state index is -1.30. The fourth-order valence-corrected chi connectivity index (χ4v) is 1.71. The van der Waals surface area contributed by atoms with Gasteiger partial charge in [-0.3, -0.25) is 9.59 Å². The molecule has 0 radical (unpaired) electrons. The summed E-state index contributed by atoms with van der Waals surface area (Å²) in [5, 5.41) is 11.4. The Balaban J connectivity index is 4.47. The number of amides is 1. The second kappa shape index (κ2) is 8.61. The molecule has 2 atom stereocenters. The molecule has 4 N–H and O–H groups in total. The van der Waals surface area contributed by atoms with E-state index in [4.69, 9.17) is 15.6 Å². The van der Waals surface area contributed by atoms with E-state index in [1.165, 1.54) is 0 Å². The van der Waals surface area contributed by atoms with E-state index in [-0.39, 0.29) is 12.5 Å². The predicted molar refractivity (Wildman–Crippen MR) is 77.5 cm³/mol. The molecule has 7 heteroatoms. The number of hydrogen-bond acceptors (Lipinski definition) is 5. The van der Waals surface area contributed by atoms with Gasteiger partial charge in [-0.25, -0.2) is 4.79 Å². The zero-order valence-corrected chi connectivity index (χ0v) is 13.1. The van der Waals surface area contributed by atoms with E-state index in [0.717, 1.165) is 6.42 Å². The van der Waals surface area contributed by atoms with Crippen LogP contribution in [-0.2, 0) is 19.1 Å². The number of aliphatic carboxylic acids is 1. The summed E-state index contributed by atoms with van der Waals surface area (Å²) in [4.78, 5) is 34.4. The largest absolute Gasteiger partial charge is 0.480 e. The molecule has 7 nitrogen and oxygen atoms in total. The first-order valence-corrected chi connectivity index (χ1v) is 7.04. The average molecular weight is 302 g/mol. The molecule has 0 aromatic rings. The number of carboxylic acids is 1. The molecular weight excluding hydrogens is 276 g/mol. The summed E-state index contributed by atoms with van der Waals surface area (Å²) in [6.07, 6.45) is 1.14. The molecule has 1 amide bonds. The van der Waals surface area contributed by atoms with Gasteiger partial charge in [-0.1, -0.05) is 13.3 Å². The maximum Gasteiger partial charge on any atom is 0.326 e. The van der Waals surface area contributed by atoms with Gasteiger partial charge >= 0.3 is 11.9 Å². The van der Waals surface area contributed by atoms with Crippen molar-refractivity contribution >= 4 is 17.8 Å². The molecular formula is C14H26N2O5. The third-order valence-corrected chi connectivity index (χ3v) is 2.53. The number of carbonyl (C=O) groups is 3. The Bertz CT molecular complexity index is 376. The van der Waals surface area contributed by atoms with Gasteiger partial charge in [0, 0.05) is 12.5 Å². The van der Waals surface area contributed by atoms with Crippen molar-refractivity contribution in [2.24, 2.45) is 5.73 Å². The van der Waals surface area contributed by atoms with Gasteiger partial charge in [0.05, 0.1) is 6.42 Å². The van der Waals surface area contributed by atoms with Gasteiger partial charge in [-0.05, 0) is 27.2 Å². The normalized spacial score (nSPS) is 14.1. The summed E-state index contributed by atoms with van der Waals surface area (Å²) in [7, 11) is 0. The Morgan fingerprint density at radius 3 is 2.24 bits per heavy atom. The van der Waals surface area contributed by atoms with Crippen LogP contribution in [-0.4, -0.2) is 40.6 Å². The van der Waals surface area contributed by atoms with Gasteiger partial charge in [-0.15, -0.1) is 0 Å². The zero-order valence-electron chi connectivity index (χ0n) is 13.1. The van der Waals surface area contributed by atoms with E-state index >= 15 is 0 Å². The minimum absolute atomic E-state index is 0.0337. The highest BCUT2D eigenvalue weighted by atomic mass is 16.6. The summed E-state index contributed by atoms with van der Waals surface area (Å²) < 4.78 is 5.04. The highest BCUT2D eigenvalue weighted by Gasteiger charge is 2.26. The first-order chi connectivity index (χ1) is 9.55. The van der Waals surface area contributed by atoms with Crippen molar-refractivity contribution in [1.82, 2.24) is 5.32 Å². The number of carboxylic acid groups (broad SMARTS) is 1. The lowest BCUT2D eigenvalue weighted by Gasteiger charge is -2.21. The third-order valence-electron chi connectivity index (χ3n) is 2.53. The first kappa shape index (κ1) is 19.4. The van der Waals surface area contributed by atoms with Crippen molar-refractivity contribution < 1.29 is 24.2 Å². The molecule has 21 heavy (non-hydrogen) atoms. The molecule has 0 aromatic carbocycles. The lowest BCUT2D eigenvalue weighted by Crippen LogP contribution is -2.44. The molecule has 0 aromatic heterocycles. The van der Waals surface area contributed by atoms with E-state index in [0.29, 0.717) is 6.42 Å². The molecule has 0 fully saturated rings. The predicted octanol–water partition coefficient (Wildman–Crippen LogP) is 0.805. The highest BCUT2D eigenvalue weighted by Crippen LogP contribution is 2.09. The average Bonchev–Trinajstić information content (AvgIpc) is 2.25. The fraction of sp³-hybridized carbons (Fsp3) is 0.786. The smallest absolute Gasteiger partial charge is 0.326 e. The SMILES string of the molecule is CCCC(N)CC(=O)N[C@@H](CC(=O)OC(C)(C)C)C(=O)O. The maximum absolute atomic E-state index is 11.7. The van der Waals surface area contributed by atoms with Gasteiger partial charge in [-0.2, -0.15) is 0 Å². The molecule has 0 bridgehead atoms. The van der Waals surface area contributed by atoms with Crippen LogP contribution in [0.1, 0.15) is 53.4 Å². The Kier molecular flexibility index (Phi) is 7.94. The molecule has 122 valence electrons. The summed E-state index contributed by atoms with van der Waals surface area (Å²) in [5.74, 6) is -2.43. The summed E-state index contributed by atoms with van der Waals surface area (Å²) in [5.41, 5.74) is 5.02. The quantitative estimate of drug-likeness (QED) is 0.571. The lowest BCUT2D eigenvalue weighted by molar-refractivity contribution is -0.158. The molecule has 0 spiro atoms. The number of ether oxygens (including phenoxy) is 1. The monoisotopic (exact) mass is 302 g/mol. The molecule has 0 heterocycles. The Morgan fingerprint density at radius 1 is 1.24 bits per heavy atom. The van der Waals surface area contributed by atoms with E-state index in [9.17, 15) is 14.4 Å². The van der Waals surface area contributed by atoms with E-state index in [2.05, 4.69) is 5.32 Å². The fourth-order valence-electron chi connectivity index (χ4n) is 1.71.